The van der Waals surface area contributed by atoms with Gasteiger partial charge in [-0.15, -0.1) is 0 Å². The Hall–Kier alpha value is -1.99. The Balaban J connectivity index is 0.000000774. The second-order valence-electron chi connectivity index (χ2n) is 4.67. The SMILES string of the molecule is CC.Nc1ncnc2c1ccn2C1CC[C@@](C=O)(CO)O1. The number of aromatic nitrogens is 3. The van der Waals surface area contributed by atoms with Crippen molar-refractivity contribution < 1.29 is 14.6 Å². The van der Waals surface area contributed by atoms with E-state index < -0.39 is 5.60 Å². The van der Waals surface area contributed by atoms with Gasteiger partial charge in [-0.25, -0.2) is 9.97 Å². The second kappa shape index (κ2) is 6.19. The molecule has 1 aliphatic heterocycles. The van der Waals surface area contributed by atoms with Gasteiger partial charge < -0.3 is 24.9 Å². The molecule has 21 heavy (non-hydrogen) atoms. The van der Waals surface area contributed by atoms with Crippen molar-refractivity contribution in [3.05, 3.63) is 18.6 Å². The molecule has 2 aromatic heterocycles. The van der Waals surface area contributed by atoms with Crippen molar-refractivity contribution in [2.24, 2.45) is 0 Å². The first kappa shape index (κ1) is 15.4. The predicted molar refractivity (Wildman–Crippen MR) is 78.5 cm³/mol. The Labute approximate surface area is 122 Å². The lowest BCUT2D eigenvalue weighted by Gasteiger charge is -2.21. The number of nitrogen functional groups attached to an aromatic ring is 1. The van der Waals surface area contributed by atoms with Gasteiger partial charge in [-0.2, -0.15) is 0 Å². The number of anilines is 1. The van der Waals surface area contributed by atoms with E-state index in [-0.39, 0.29) is 12.8 Å². The first-order valence-electron chi connectivity index (χ1n) is 7.01. The average Bonchev–Trinajstić information content (AvgIpc) is 3.14. The topological polar surface area (TPSA) is 103 Å². The van der Waals surface area contributed by atoms with Crippen LogP contribution in [0, 0.1) is 0 Å². The number of nitrogens with zero attached hydrogens (tertiary/aromatic N) is 3. The number of fused-ring (bicyclic) bond motifs is 1. The van der Waals surface area contributed by atoms with Crippen molar-refractivity contribution in [1.82, 2.24) is 14.5 Å². The highest BCUT2D eigenvalue weighted by Gasteiger charge is 2.40. The largest absolute Gasteiger partial charge is 0.393 e. The summed E-state index contributed by atoms with van der Waals surface area (Å²) < 4.78 is 7.50. The van der Waals surface area contributed by atoms with Gasteiger partial charge in [-0.3, -0.25) is 0 Å². The zero-order valence-electron chi connectivity index (χ0n) is 12.2. The highest BCUT2D eigenvalue weighted by molar-refractivity contribution is 5.86. The van der Waals surface area contributed by atoms with Crippen molar-refractivity contribution in [3.63, 3.8) is 0 Å². The van der Waals surface area contributed by atoms with Crippen LogP contribution in [0.3, 0.4) is 0 Å². The lowest BCUT2D eigenvalue weighted by atomic mass is 10.0. The summed E-state index contributed by atoms with van der Waals surface area (Å²) in [5.41, 5.74) is 5.34. The summed E-state index contributed by atoms with van der Waals surface area (Å²) in [6.45, 7) is 3.68. The van der Waals surface area contributed by atoms with Crippen LogP contribution in [0.25, 0.3) is 11.0 Å². The standard InChI is InChI=1S/C12H14N4O3.C2H6/c13-10-8-2-4-16(11(8)15-7-14-10)9-1-3-12(5-17,6-18)19-9;1-2/h2,4-5,7,9,18H,1,3,6H2,(H2,13,14,15);1-2H3/t9?,12-;/m1./s1. The number of aliphatic hydroxyl groups excluding tert-OH is 1. The molecule has 0 spiro atoms. The van der Waals surface area contributed by atoms with E-state index in [1.165, 1.54) is 6.33 Å². The summed E-state index contributed by atoms with van der Waals surface area (Å²) in [5, 5.41) is 10.0. The summed E-state index contributed by atoms with van der Waals surface area (Å²) >= 11 is 0. The fourth-order valence-corrected chi connectivity index (χ4v) is 2.42. The van der Waals surface area contributed by atoms with Crippen LogP contribution >= 0.6 is 0 Å². The van der Waals surface area contributed by atoms with Gasteiger partial charge in [-0.1, -0.05) is 13.8 Å². The van der Waals surface area contributed by atoms with Crippen LogP contribution in [0.4, 0.5) is 5.82 Å². The molecular weight excluding hydrogens is 272 g/mol. The summed E-state index contributed by atoms with van der Waals surface area (Å²) in [6, 6.07) is 1.81. The zero-order chi connectivity index (χ0) is 15.5. The van der Waals surface area contributed by atoms with Gasteiger partial charge in [0.2, 0.25) is 0 Å². The molecule has 0 radical (unpaired) electrons. The molecule has 1 aliphatic rings. The van der Waals surface area contributed by atoms with Gasteiger partial charge in [0.05, 0.1) is 12.0 Å². The number of hydrogen-bond donors (Lipinski definition) is 2. The van der Waals surface area contributed by atoms with Crippen molar-refractivity contribution >= 4 is 23.1 Å². The van der Waals surface area contributed by atoms with Crippen molar-refractivity contribution in [3.8, 4) is 0 Å². The van der Waals surface area contributed by atoms with Crippen LogP contribution in [0.15, 0.2) is 18.6 Å². The lowest BCUT2D eigenvalue weighted by Crippen LogP contribution is -2.34. The third-order valence-electron chi connectivity index (χ3n) is 3.52. The van der Waals surface area contributed by atoms with Gasteiger partial charge >= 0.3 is 0 Å². The zero-order valence-corrected chi connectivity index (χ0v) is 12.2. The van der Waals surface area contributed by atoms with Crippen LogP contribution < -0.4 is 5.73 Å². The molecular formula is C14H20N4O3. The molecule has 1 fully saturated rings. The quantitative estimate of drug-likeness (QED) is 0.826. The van der Waals surface area contributed by atoms with Gasteiger partial charge in [0.15, 0.2) is 6.29 Å². The molecule has 7 nitrogen and oxygen atoms in total. The summed E-state index contributed by atoms with van der Waals surface area (Å²) in [6.07, 6.45) is 4.65. The van der Waals surface area contributed by atoms with E-state index in [9.17, 15) is 9.90 Å². The van der Waals surface area contributed by atoms with Crippen LogP contribution in [-0.2, 0) is 9.53 Å². The van der Waals surface area contributed by atoms with Crippen LogP contribution in [0.1, 0.15) is 32.9 Å². The maximum absolute atomic E-state index is 11.1. The Morgan fingerprint density at radius 3 is 2.95 bits per heavy atom. The highest BCUT2D eigenvalue weighted by Crippen LogP contribution is 2.36. The molecule has 1 unspecified atom stereocenters. The van der Waals surface area contributed by atoms with Crippen LogP contribution in [0.2, 0.25) is 0 Å². The molecule has 3 rings (SSSR count). The molecule has 0 saturated carbocycles. The smallest absolute Gasteiger partial charge is 0.154 e. The van der Waals surface area contributed by atoms with Gasteiger partial charge in [0.1, 0.15) is 29.6 Å². The van der Waals surface area contributed by atoms with E-state index in [1.807, 2.05) is 24.5 Å². The number of hydrogen-bond acceptors (Lipinski definition) is 6. The normalized spacial score (nSPS) is 24.6. The van der Waals surface area contributed by atoms with E-state index in [0.29, 0.717) is 30.6 Å². The minimum Gasteiger partial charge on any atom is -0.393 e. The molecule has 2 aromatic rings. The monoisotopic (exact) mass is 292 g/mol. The predicted octanol–water partition coefficient (Wildman–Crippen LogP) is 1.28. The molecule has 0 amide bonds. The number of aldehydes is 1. The third-order valence-corrected chi connectivity index (χ3v) is 3.52. The fraction of sp³-hybridized carbons (Fsp3) is 0.500. The van der Waals surface area contributed by atoms with Crippen molar-refractivity contribution in [2.75, 3.05) is 12.3 Å². The van der Waals surface area contributed by atoms with Crippen molar-refractivity contribution in [1.29, 1.82) is 0 Å². The Kier molecular flexibility index (Phi) is 4.54. The molecule has 0 bridgehead atoms. The van der Waals surface area contributed by atoms with Gasteiger partial charge in [0, 0.05) is 6.20 Å². The van der Waals surface area contributed by atoms with E-state index in [1.54, 1.807) is 6.20 Å². The first-order valence-corrected chi connectivity index (χ1v) is 7.01. The van der Waals surface area contributed by atoms with Crippen molar-refractivity contribution in [2.45, 2.75) is 38.5 Å². The second-order valence-corrected chi connectivity index (χ2v) is 4.67. The Morgan fingerprint density at radius 1 is 1.57 bits per heavy atom. The molecule has 1 saturated heterocycles. The summed E-state index contributed by atoms with van der Waals surface area (Å²) in [5.74, 6) is 0.408. The molecule has 3 heterocycles. The molecule has 3 N–H and O–H groups in total. The molecule has 114 valence electrons. The summed E-state index contributed by atoms with van der Waals surface area (Å²) in [4.78, 5) is 19.2. The minimum absolute atomic E-state index is 0.316. The molecule has 2 atom stereocenters. The van der Waals surface area contributed by atoms with Gasteiger partial charge in [-0.05, 0) is 18.9 Å². The van der Waals surface area contributed by atoms with Gasteiger partial charge in [0.25, 0.3) is 0 Å². The average molecular weight is 292 g/mol. The summed E-state index contributed by atoms with van der Waals surface area (Å²) in [7, 11) is 0. The third kappa shape index (κ3) is 2.62. The van der Waals surface area contributed by atoms with Crippen LogP contribution in [0.5, 0.6) is 0 Å². The number of rotatable bonds is 3. The fourth-order valence-electron chi connectivity index (χ4n) is 2.42. The Bertz CT molecular complexity index is 628. The molecule has 0 aromatic carbocycles. The van der Waals surface area contributed by atoms with E-state index in [2.05, 4.69) is 9.97 Å². The number of ether oxygens (including phenoxy) is 1. The van der Waals surface area contributed by atoms with E-state index in [0.717, 1.165) is 5.39 Å². The Morgan fingerprint density at radius 2 is 2.33 bits per heavy atom. The van der Waals surface area contributed by atoms with Crippen LogP contribution in [-0.4, -0.2) is 38.1 Å². The number of carbonyl (C=O) groups is 1. The minimum atomic E-state index is -1.10. The lowest BCUT2D eigenvalue weighted by molar-refractivity contribution is -0.140. The maximum Gasteiger partial charge on any atom is 0.154 e. The first-order chi connectivity index (χ1) is 10.2. The molecule has 7 heteroatoms. The number of aliphatic hydroxyl groups is 1. The maximum atomic E-state index is 11.1. The number of nitrogens with two attached hydrogens (primary N) is 1. The number of carbonyl (C=O) groups excluding carboxylic acids is 1. The van der Waals surface area contributed by atoms with E-state index in [4.69, 9.17) is 10.5 Å². The van der Waals surface area contributed by atoms with E-state index >= 15 is 0 Å². The highest BCUT2D eigenvalue weighted by atomic mass is 16.5. The molecule has 0 aliphatic carbocycles.